The first-order chi connectivity index (χ1) is 25.5. The Morgan fingerprint density at radius 2 is 0.788 bits per heavy atom. The number of carbonyl (C=O) groups excluding carboxylic acids is 1. The molecule has 0 aliphatic rings. The average Bonchev–Trinajstić information content (AvgIpc) is 3.14. The summed E-state index contributed by atoms with van der Waals surface area (Å²) < 4.78 is 0. The quantitative estimate of drug-likeness (QED) is 0.0371. The zero-order chi connectivity index (χ0) is 38.0. The van der Waals surface area contributed by atoms with Gasteiger partial charge < -0.3 is 20.6 Å². The SMILES string of the molecule is CCCCCCCCC/C=C/C(O)C(CO)NC(=O)CC(O)CCCCCCCCCCCCCCCCCCCCCCCCCCCCCC. The van der Waals surface area contributed by atoms with E-state index in [0.717, 1.165) is 25.7 Å². The highest BCUT2D eigenvalue weighted by atomic mass is 16.3. The van der Waals surface area contributed by atoms with E-state index in [4.69, 9.17) is 0 Å². The van der Waals surface area contributed by atoms with Crippen LogP contribution in [0.2, 0.25) is 0 Å². The van der Waals surface area contributed by atoms with Crippen LogP contribution in [0.4, 0.5) is 0 Å². The molecule has 3 atom stereocenters. The highest BCUT2D eigenvalue weighted by Gasteiger charge is 2.20. The summed E-state index contributed by atoms with van der Waals surface area (Å²) in [5, 5.41) is 33.1. The van der Waals surface area contributed by atoms with Crippen LogP contribution in [0.3, 0.4) is 0 Å². The van der Waals surface area contributed by atoms with Gasteiger partial charge in [-0.1, -0.05) is 244 Å². The Balaban J connectivity index is 3.46. The maximum atomic E-state index is 12.4. The lowest BCUT2D eigenvalue weighted by Gasteiger charge is -2.21. The lowest BCUT2D eigenvalue weighted by molar-refractivity contribution is -0.124. The van der Waals surface area contributed by atoms with Crippen molar-refractivity contribution in [3.63, 3.8) is 0 Å². The minimum atomic E-state index is -0.922. The predicted octanol–water partition coefficient (Wildman–Crippen LogP) is 13.6. The molecule has 0 aromatic carbocycles. The minimum absolute atomic E-state index is 0.0183. The largest absolute Gasteiger partial charge is 0.394 e. The summed E-state index contributed by atoms with van der Waals surface area (Å²) in [7, 11) is 0. The van der Waals surface area contributed by atoms with Crippen LogP contribution < -0.4 is 5.32 Å². The Kier molecular flexibility index (Phi) is 42.1. The fourth-order valence-electron chi connectivity index (χ4n) is 7.46. The van der Waals surface area contributed by atoms with E-state index in [1.807, 2.05) is 6.08 Å². The minimum Gasteiger partial charge on any atom is -0.394 e. The summed E-state index contributed by atoms with van der Waals surface area (Å²) >= 11 is 0. The Hall–Kier alpha value is -0.910. The van der Waals surface area contributed by atoms with Gasteiger partial charge in [0.1, 0.15) is 0 Å². The van der Waals surface area contributed by atoms with Gasteiger partial charge in [-0.25, -0.2) is 0 Å². The molecule has 52 heavy (non-hydrogen) atoms. The van der Waals surface area contributed by atoms with Gasteiger partial charge in [-0.2, -0.15) is 0 Å². The average molecular weight is 736 g/mol. The highest BCUT2D eigenvalue weighted by molar-refractivity contribution is 5.76. The second-order valence-electron chi connectivity index (χ2n) is 16.4. The molecule has 0 aliphatic carbocycles. The molecule has 4 N–H and O–H groups in total. The van der Waals surface area contributed by atoms with E-state index in [9.17, 15) is 20.1 Å². The van der Waals surface area contributed by atoms with E-state index in [1.165, 1.54) is 205 Å². The van der Waals surface area contributed by atoms with Gasteiger partial charge in [0.2, 0.25) is 5.91 Å². The number of carbonyl (C=O) groups is 1. The number of allylic oxidation sites excluding steroid dienone is 1. The third-order valence-corrected chi connectivity index (χ3v) is 11.1. The molecule has 0 bridgehead atoms. The van der Waals surface area contributed by atoms with Crippen LogP contribution in [-0.4, -0.2) is 46.1 Å². The van der Waals surface area contributed by atoms with Crippen molar-refractivity contribution < 1.29 is 20.1 Å². The molecule has 0 heterocycles. The monoisotopic (exact) mass is 736 g/mol. The first-order valence-corrected chi connectivity index (χ1v) is 23.5. The third kappa shape index (κ3) is 38.8. The molecule has 5 nitrogen and oxygen atoms in total. The summed E-state index contributed by atoms with van der Waals surface area (Å²) in [6.45, 7) is 4.20. The maximum absolute atomic E-state index is 12.4. The van der Waals surface area contributed by atoms with Gasteiger partial charge in [-0.15, -0.1) is 0 Å². The third-order valence-electron chi connectivity index (χ3n) is 11.1. The van der Waals surface area contributed by atoms with Crippen molar-refractivity contribution >= 4 is 5.91 Å². The Morgan fingerprint density at radius 1 is 0.481 bits per heavy atom. The van der Waals surface area contributed by atoms with E-state index in [-0.39, 0.29) is 18.9 Å². The molecular weight excluding hydrogens is 643 g/mol. The number of unbranched alkanes of at least 4 members (excludes halogenated alkanes) is 34. The lowest BCUT2D eigenvalue weighted by Crippen LogP contribution is -2.45. The smallest absolute Gasteiger partial charge is 0.222 e. The van der Waals surface area contributed by atoms with Crippen molar-refractivity contribution in [1.29, 1.82) is 0 Å². The zero-order valence-electron chi connectivity index (χ0n) is 35.2. The van der Waals surface area contributed by atoms with Crippen molar-refractivity contribution in [3.8, 4) is 0 Å². The second-order valence-corrected chi connectivity index (χ2v) is 16.4. The van der Waals surface area contributed by atoms with Crippen LogP contribution in [0.25, 0.3) is 0 Å². The van der Waals surface area contributed by atoms with E-state index in [0.29, 0.717) is 6.42 Å². The first-order valence-electron chi connectivity index (χ1n) is 23.5. The highest BCUT2D eigenvalue weighted by Crippen LogP contribution is 2.17. The number of hydrogen-bond acceptors (Lipinski definition) is 4. The first kappa shape index (κ1) is 51.1. The molecule has 1 amide bonds. The lowest BCUT2D eigenvalue weighted by atomic mass is 10.0. The van der Waals surface area contributed by atoms with Gasteiger partial charge in [-0.05, 0) is 19.3 Å². The number of nitrogens with one attached hydrogen (secondary N) is 1. The molecule has 0 saturated carbocycles. The molecule has 0 radical (unpaired) electrons. The topological polar surface area (TPSA) is 89.8 Å². The Bertz CT molecular complexity index is 728. The van der Waals surface area contributed by atoms with Gasteiger partial charge in [0, 0.05) is 0 Å². The van der Waals surface area contributed by atoms with Gasteiger partial charge in [0.15, 0.2) is 0 Å². The molecule has 0 rings (SSSR count). The van der Waals surface area contributed by atoms with Crippen molar-refractivity contribution in [2.75, 3.05) is 6.61 Å². The number of amides is 1. The van der Waals surface area contributed by atoms with Gasteiger partial charge >= 0.3 is 0 Å². The summed E-state index contributed by atoms with van der Waals surface area (Å²) in [6, 6.07) is -0.737. The standard InChI is InChI=1S/C47H93NO4/c1-3-5-7-9-11-13-14-15-16-17-18-19-20-21-22-23-24-25-26-27-28-29-30-31-33-34-36-38-40-44(50)42-47(52)48-45(43-49)46(51)41-39-37-35-32-12-10-8-6-4-2/h39,41,44-46,49-51H,3-38,40,42-43H2,1-2H3,(H,48,52)/b41-39+. The summed E-state index contributed by atoms with van der Waals surface area (Å²) in [4.78, 5) is 12.4. The van der Waals surface area contributed by atoms with E-state index in [1.54, 1.807) is 6.08 Å². The number of rotatable bonds is 43. The van der Waals surface area contributed by atoms with Gasteiger partial charge in [-0.3, -0.25) is 4.79 Å². The Morgan fingerprint density at radius 3 is 1.12 bits per heavy atom. The number of aliphatic hydroxyl groups is 3. The second kappa shape index (κ2) is 42.8. The molecule has 310 valence electrons. The molecule has 0 aromatic rings. The van der Waals surface area contributed by atoms with Crippen LogP contribution in [0.1, 0.15) is 258 Å². The molecule has 0 fully saturated rings. The van der Waals surface area contributed by atoms with Crippen LogP contribution in [-0.2, 0) is 4.79 Å². The molecular formula is C47H93NO4. The molecule has 0 aromatic heterocycles. The fraction of sp³-hybridized carbons (Fsp3) is 0.936. The van der Waals surface area contributed by atoms with Crippen molar-refractivity contribution in [2.24, 2.45) is 0 Å². The van der Waals surface area contributed by atoms with Crippen molar-refractivity contribution in [2.45, 2.75) is 276 Å². The van der Waals surface area contributed by atoms with Crippen LogP contribution in [0.15, 0.2) is 12.2 Å². The molecule has 3 unspecified atom stereocenters. The fourth-order valence-corrected chi connectivity index (χ4v) is 7.46. The number of hydrogen-bond donors (Lipinski definition) is 4. The maximum Gasteiger partial charge on any atom is 0.222 e. The van der Waals surface area contributed by atoms with Gasteiger partial charge in [0.05, 0.1) is 31.3 Å². The van der Waals surface area contributed by atoms with Crippen LogP contribution in [0.5, 0.6) is 0 Å². The molecule has 5 heteroatoms. The zero-order valence-corrected chi connectivity index (χ0v) is 35.2. The number of aliphatic hydroxyl groups excluding tert-OH is 3. The summed E-state index contributed by atoms with van der Waals surface area (Å²) in [5.41, 5.74) is 0. The van der Waals surface area contributed by atoms with Crippen molar-refractivity contribution in [1.82, 2.24) is 5.32 Å². The van der Waals surface area contributed by atoms with E-state index >= 15 is 0 Å². The predicted molar refractivity (Wildman–Crippen MR) is 227 cm³/mol. The molecule has 0 saturated heterocycles. The van der Waals surface area contributed by atoms with Crippen LogP contribution in [0, 0.1) is 0 Å². The molecule has 0 aliphatic heterocycles. The van der Waals surface area contributed by atoms with Crippen molar-refractivity contribution in [3.05, 3.63) is 12.2 Å². The summed E-state index contributed by atoms with van der Waals surface area (Å²) in [5.74, 6) is -0.314. The van der Waals surface area contributed by atoms with E-state index in [2.05, 4.69) is 19.2 Å². The van der Waals surface area contributed by atoms with E-state index < -0.39 is 18.2 Å². The molecule has 0 spiro atoms. The summed E-state index contributed by atoms with van der Waals surface area (Å²) in [6.07, 6.45) is 51.0. The normalized spacial score (nSPS) is 13.6. The van der Waals surface area contributed by atoms with Crippen LogP contribution >= 0.6 is 0 Å². The van der Waals surface area contributed by atoms with Gasteiger partial charge in [0.25, 0.3) is 0 Å². The Labute approximate surface area is 325 Å².